The van der Waals surface area contributed by atoms with Crippen LogP contribution in [0, 0.1) is 5.92 Å². The van der Waals surface area contributed by atoms with E-state index in [1.807, 2.05) is 6.07 Å². The first-order chi connectivity index (χ1) is 14.3. The van der Waals surface area contributed by atoms with E-state index in [0.29, 0.717) is 6.54 Å². The summed E-state index contributed by atoms with van der Waals surface area (Å²) in [5.41, 5.74) is 1.04. The summed E-state index contributed by atoms with van der Waals surface area (Å²) in [4.78, 5) is 18.0. The highest BCUT2D eigenvalue weighted by Crippen LogP contribution is 2.40. The molecule has 1 aliphatic heterocycles. The number of carbonyl (C=O) groups is 1. The number of hydrogen-bond donors (Lipinski definition) is 1. The van der Waals surface area contributed by atoms with E-state index in [2.05, 4.69) is 38.3 Å². The molecule has 1 amide bonds. The van der Waals surface area contributed by atoms with Crippen molar-refractivity contribution in [1.29, 1.82) is 0 Å². The molecule has 2 unspecified atom stereocenters. The highest BCUT2D eigenvalue weighted by Gasteiger charge is 2.34. The molecule has 7 heteroatoms. The highest BCUT2D eigenvalue weighted by atomic mass is 32.1. The van der Waals surface area contributed by atoms with Crippen LogP contribution in [0.15, 0.2) is 24.3 Å². The summed E-state index contributed by atoms with van der Waals surface area (Å²) in [5, 5.41) is 13.0. The van der Waals surface area contributed by atoms with Crippen molar-refractivity contribution in [1.82, 2.24) is 25.1 Å². The number of rotatable bonds is 4. The minimum atomic E-state index is -0.00385. The lowest BCUT2D eigenvalue weighted by Gasteiger charge is -2.29. The molecule has 5 rings (SSSR count). The van der Waals surface area contributed by atoms with Crippen LogP contribution in [0.5, 0.6) is 0 Å². The van der Waals surface area contributed by atoms with Gasteiger partial charge >= 0.3 is 0 Å². The first kappa shape index (κ1) is 18.7. The average Bonchev–Trinajstić information content (AvgIpc) is 3.28. The summed E-state index contributed by atoms with van der Waals surface area (Å²) in [6, 6.07) is 8.25. The standard InChI is InChI=1S/C22H27N5OS/c28-21(23-14-20-26-25-19-12-2-1-7-13-27(19)20)15-8-3-4-9-16(15)22-24-17-10-5-6-11-18(17)29-22/h5-6,10-11,15-16H,1-4,7-9,12-14H2,(H,23,28). The van der Waals surface area contributed by atoms with E-state index in [-0.39, 0.29) is 17.7 Å². The molecule has 3 heterocycles. The lowest BCUT2D eigenvalue weighted by molar-refractivity contribution is -0.126. The second-order valence-electron chi connectivity index (χ2n) is 8.23. The van der Waals surface area contributed by atoms with Crippen molar-refractivity contribution in [3.8, 4) is 0 Å². The number of thiazole rings is 1. The Kier molecular flexibility index (Phi) is 5.31. The first-order valence-electron chi connectivity index (χ1n) is 10.8. The molecule has 6 nitrogen and oxygen atoms in total. The van der Waals surface area contributed by atoms with Gasteiger partial charge in [-0.05, 0) is 37.8 Å². The van der Waals surface area contributed by atoms with Gasteiger partial charge in [-0.3, -0.25) is 4.79 Å². The molecule has 2 aliphatic rings. The van der Waals surface area contributed by atoms with Gasteiger partial charge in [0.1, 0.15) is 5.82 Å². The molecule has 152 valence electrons. The molecule has 29 heavy (non-hydrogen) atoms. The topological polar surface area (TPSA) is 72.7 Å². The van der Waals surface area contributed by atoms with E-state index in [1.165, 1.54) is 24.0 Å². The van der Waals surface area contributed by atoms with Crippen LogP contribution in [0.2, 0.25) is 0 Å². The zero-order chi connectivity index (χ0) is 19.6. The second kappa shape index (κ2) is 8.22. The Morgan fingerprint density at radius 3 is 2.93 bits per heavy atom. The van der Waals surface area contributed by atoms with Gasteiger partial charge in [-0.1, -0.05) is 31.4 Å². The molecule has 2 atom stereocenters. The fraction of sp³-hybridized carbons (Fsp3) is 0.545. The molecular formula is C22H27N5OS. The van der Waals surface area contributed by atoms with E-state index < -0.39 is 0 Å². The highest BCUT2D eigenvalue weighted by molar-refractivity contribution is 7.18. The molecule has 1 fully saturated rings. The van der Waals surface area contributed by atoms with E-state index >= 15 is 0 Å². The quantitative estimate of drug-likeness (QED) is 0.701. The van der Waals surface area contributed by atoms with E-state index in [4.69, 9.17) is 4.98 Å². The third kappa shape index (κ3) is 3.80. The van der Waals surface area contributed by atoms with Crippen LogP contribution in [0.25, 0.3) is 10.2 Å². The van der Waals surface area contributed by atoms with Crippen LogP contribution in [0.4, 0.5) is 0 Å². The second-order valence-corrected chi connectivity index (χ2v) is 9.29. The first-order valence-corrected chi connectivity index (χ1v) is 11.7. The van der Waals surface area contributed by atoms with Crippen LogP contribution in [-0.4, -0.2) is 25.7 Å². The number of hydrogen-bond acceptors (Lipinski definition) is 5. The predicted molar refractivity (Wildman–Crippen MR) is 114 cm³/mol. The number of para-hydroxylation sites is 1. The van der Waals surface area contributed by atoms with E-state index in [1.54, 1.807) is 11.3 Å². The Labute approximate surface area is 174 Å². The summed E-state index contributed by atoms with van der Waals surface area (Å²) in [7, 11) is 0. The maximum atomic E-state index is 13.1. The molecule has 1 saturated carbocycles. The molecular weight excluding hydrogens is 382 g/mol. The lowest BCUT2D eigenvalue weighted by Crippen LogP contribution is -2.36. The summed E-state index contributed by atoms with van der Waals surface area (Å²) in [6.45, 7) is 1.43. The van der Waals surface area contributed by atoms with Gasteiger partial charge in [0, 0.05) is 24.8 Å². The summed E-state index contributed by atoms with van der Waals surface area (Å²) >= 11 is 1.74. The Morgan fingerprint density at radius 2 is 2.00 bits per heavy atom. The fourth-order valence-corrected chi connectivity index (χ4v) is 5.93. The van der Waals surface area contributed by atoms with Crippen molar-refractivity contribution < 1.29 is 4.79 Å². The molecule has 1 aliphatic carbocycles. The molecule has 1 aromatic carbocycles. The van der Waals surface area contributed by atoms with Crippen LogP contribution in [0.1, 0.15) is 67.5 Å². The number of fused-ring (bicyclic) bond motifs is 2. The molecule has 0 bridgehead atoms. The number of nitrogens with one attached hydrogen (secondary N) is 1. The van der Waals surface area contributed by atoms with Crippen molar-refractivity contribution >= 4 is 27.5 Å². The molecule has 1 N–H and O–H groups in total. The summed E-state index contributed by atoms with van der Waals surface area (Å²) in [6.07, 6.45) is 8.82. The minimum Gasteiger partial charge on any atom is -0.349 e. The summed E-state index contributed by atoms with van der Waals surface area (Å²) in [5.74, 6) is 2.31. The number of nitrogens with zero attached hydrogens (tertiary/aromatic N) is 4. The molecule has 0 radical (unpaired) electrons. The monoisotopic (exact) mass is 409 g/mol. The number of carbonyl (C=O) groups excluding carboxylic acids is 1. The normalized spacial score (nSPS) is 22.2. The number of aryl methyl sites for hydroxylation is 1. The molecule has 3 aromatic rings. The lowest BCUT2D eigenvalue weighted by atomic mass is 9.79. The third-order valence-electron chi connectivity index (χ3n) is 6.34. The average molecular weight is 410 g/mol. The largest absolute Gasteiger partial charge is 0.349 e. The minimum absolute atomic E-state index is 0.00385. The van der Waals surface area contributed by atoms with Crippen LogP contribution in [-0.2, 0) is 24.3 Å². The van der Waals surface area contributed by atoms with Crippen molar-refractivity contribution in [3.63, 3.8) is 0 Å². The van der Waals surface area contributed by atoms with Gasteiger partial charge in [0.05, 0.1) is 21.8 Å². The van der Waals surface area contributed by atoms with Gasteiger partial charge in [-0.2, -0.15) is 0 Å². The van der Waals surface area contributed by atoms with Gasteiger partial charge in [-0.15, -0.1) is 21.5 Å². The molecule has 2 aromatic heterocycles. The molecule has 0 saturated heterocycles. The Bertz CT molecular complexity index is 977. The predicted octanol–water partition coefficient (Wildman–Crippen LogP) is 4.20. The van der Waals surface area contributed by atoms with Crippen molar-refractivity contribution in [2.24, 2.45) is 5.92 Å². The molecule has 0 spiro atoms. The van der Waals surface area contributed by atoms with Crippen LogP contribution < -0.4 is 5.32 Å². The van der Waals surface area contributed by atoms with E-state index in [0.717, 1.165) is 60.8 Å². The van der Waals surface area contributed by atoms with Crippen molar-refractivity contribution in [2.45, 2.75) is 70.4 Å². The number of aromatic nitrogens is 4. The van der Waals surface area contributed by atoms with Crippen molar-refractivity contribution in [2.75, 3.05) is 0 Å². The number of benzene rings is 1. The van der Waals surface area contributed by atoms with Gasteiger partial charge in [0.25, 0.3) is 0 Å². The third-order valence-corrected chi connectivity index (χ3v) is 7.51. The zero-order valence-corrected chi connectivity index (χ0v) is 17.5. The summed E-state index contributed by atoms with van der Waals surface area (Å²) < 4.78 is 3.41. The van der Waals surface area contributed by atoms with Crippen molar-refractivity contribution in [3.05, 3.63) is 40.9 Å². The van der Waals surface area contributed by atoms with Crippen LogP contribution >= 0.6 is 11.3 Å². The Balaban J connectivity index is 1.31. The van der Waals surface area contributed by atoms with Gasteiger partial charge in [0.15, 0.2) is 5.82 Å². The smallest absolute Gasteiger partial charge is 0.224 e. The maximum absolute atomic E-state index is 13.1. The Morgan fingerprint density at radius 1 is 1.10 bits per heavy atom. The maximum Gasteiger partial charge on any atom is 0.224 e. The number of amides is 1. The van der Waals surface area contributed by atoms with Gasteiger partial charge in [0.2, 0.25) is 5.91 Å². The fourth-order valence-electron chi connectivity index (χ4n) is 4.76. The zero-order valence-electron chi connectivity index (χ0n) is 16.6. The SMILES string of the molecule is O=C(NCc1nnc2n1CCCCC2)C1CCCCC1c1nc2ccccc2s1. The van der Waals surface area contributed by atoms with Crippen LogP contribution in [0.3, 0.4) is 0 Å². The van der Waals surface area contributed by atoms with E-state index in [9.17, 15) is 4.79 Å². The van der Waals surface area contributed by atoms with Gasteiger partial charge in [-0.25, -0.2) is 4.98 Å². The van der Waals surface area contributed by atoms with Gasteiger partial charge < -0.3 is 9.88 Å². The Hall–Kier alpha value is -2.28.